The van der Waals surface area contributed by atoms with Crippen LogP contribution in [0.4, 0.5) is 5.69 Å². The maximum Gasteiger partial charge on any atom is 0.246 e. The summed E-state index contributed by atoms with van der Waals surface area (Å²) >= 11 is 0. The van der Waals surface area contributed by atoms with Crippen molar-refractivity contribution in [2.24, 2.45) is 0 Å². The molecule has 0 unspecified atom stereocenters. The second-order valence-corrected chi connectivity index (χ2v) is 9.14. The maximum atomic E-state index is 13.1. The number of anilines is 1. The van der Waals surface area contributed by atoms with Crippen molar-refractivity contribution in [2.45, 2.75) is 39.8 Å². The van der Waals surface area contributed by atoms with E-state index in [9.17, 15) is 13.2 Å². The minimum Gasteiger partial charge on any atom is -0.336 e. The minimum atomic E-state index is -3.61. The van der Waals surface area contributed by atoms with E-state index in [4.69, 9.17) is 0 Å². The fourth-order valence-electron chi connectivity index (χ4n) is 3.61. The number of benzene rings is 2. The zero-order valence-corrected chi connectivity index (χ0v) is 17.1. The highest BCUT2D eigenvalue weighted by Crippen LogP contribution is 2.26. The molecular weight excluding hydrogens is 360 g/mol. The Labute approximate surface area is 161 Å². The van der Waals surface area contributed by atoms with Crippen molar-refractivity contribution in [2.75, 3.05) is 17.1 Å². The Kier molecular flexibility index (Phi) is 5.29. The lowest BCUT2D eigenvalue weighted by molar-refractivity contribution is -0.132. The molecule has 3 rings (SSSR count). The number of amides is 1. The van der Waals surface area contributed by atoms with Crippen molar-refractivity contribution in [3.8, 4) is 0 Å². The Hall–Kier alpha value is -2.34. The molecule has 0 N–H and O–H groups in total. The van der Waals surface area contributed by atoms with Crippen LogP contribution in [0.3, 0.4) is 0 Å². The van der Waals surface area contributed by atoms with Crippen molar-refractivity contribution >= 4 is 21.6 Å². The predicted octanol–water partition coefficient (Wildman–Crippen LogP) is 3.04. The fraction of sp³-hybridized carbons (Fsp3) is 0.381. The lowest BCUT2D eigenvalue weighted by atomic mass is 9.99. The van der Waals surface area contributed by atoms with Gasteiger partial charge in [-0.1, -0.05) is 30.3 Å². The van der Waals surface area contributed by atoms with Crippen LogP contribution in [-0.2, 0) is 27.8 Å². The molecule has 27 heavy (non-hydrogen) atoms. The lowest BCUT2D eigenvalue weighted by Crippen LogP contribution is -2.50. The van der Waals surface area contributed by atoms with Crippen LogP contribution in [0, 0.1) is 13.8 Å². The van der Waals surface area contributed by atoms with E-state index in [0.717, 1.165) is 29.4 Å². The standard InChI is InChI=1S/C21H26N2O3S/c1-15-9-10-20(13-16(15)2)23(27(4,25)26)17(3)21(24)22-12-11-18-7-5-6-8-19(18)14-22/h5-10,13,17H,11-12,14H2,1-4H3/t17-/m0/s1. The zero-order valence-electron chi connectivity index (χ0n) is 16.3. The second kappa shape index (κ2) is 7.35. The van der Waals surface area contributed by atoms with Crippen LogP contribution in [0.1, 0.15) is 29.2 Å². The van der Waals surface area contributed by atoms with Crippen LogP contribution >= 0.6 is 0 Å². The van der Waals surface area contributed by atoms with Gasteiger partial charge in [0.2, 0.25) is 15.9 Å². The summed E-state index contributed by atoms with van der Waals surface area (Å²) in [4.78, 5) is 14.9. The highest BCUT2D eigenvalue weighted by molar-refractivity contribution is 7.92. The second-order valence-electron chi connectivity index (χ2n) is 7.28. The van der Waals surface area contributed by atoms with Crippen LogP contribution < -0.4 is 4.31 Å². The number of aryl methyl sites for hydroxylation is 2. The summed E-state index contributed by atoms with van der Waals surface area (Å²) in [6.45, 7) is 6.70. The third-order valence-corrected chi connectivity index (χ3v) is 6.50. The Morgan fingerprint density at radius 2 is 1.74 bits per heavy atom. The normalized spacial score (nSPS) is 15.2. The van der Waals surface area contributed by atoms with Gasteiger partial charge in [0.15, 0.2) is 0 Å². The molecule has 0 radical (unpaired) electrons. The Morgan fingerprint density at radius 1 is 1.07 bits per heavy atom. The van der Waals surface area contributed by atoms with Crippen LogP contribution in [-0.4, -0.2) is 38.1 Å². The first-order valence-electron chi connectivity index (χ1n) is 9.10. The minimum absolute atomic E-state index is 0.173. The number of carbonyl (C=O) groups excluding carboxylic acids is 1. The fourth-order valence-corrected chi connectivity index (χ4v) is 4.77. The van der Waals surface area contributed by atoms with Gasteiger partial charge in [-0.25, -0.2) is 8.42 Å². The molecule has 1 aliphatic rings. The molecule has 2 aromatic rings. The third kappa shape index (κ3) is 4.00. The molecule has 6 heteroatoms. The molecule has 1 aliphatic heterocycles. The molecule has 0 aliphatic carbocycles. The van der Waals surface area contributed by atoms with Gasteiger partial charge in [-0.15, -0.1) is 0 Å². The Balaban J connectivity index is 1.89. The summed E-state index contributed by atoms with van der Waals surface area (Å²) in [5.41, 5.74) is 4.98. The van der Waals surface area contributed by atoms with Crippen LogP contribution in [0.25, 0.3) is 0 Å². The largest absolute Gasteiger partial charge is 0.336 e. The van der Waals surface area contributed by atoms with Gasteiger partial charge in [-0.05, 0) is 61.6 Å². The van der Waals surface area contributed by atoms with Crippen molar-refractivity contribution < 1.29 is 13.2 Å². The zero-order chi connectivity index (χ0) is 19.8. The topological polar surface area (TPSA) is 57.7 Å². The molecular formula is C21H26N2O3S. The van der Waals surface area contributed by atoms with E-state index in [0.29, 0.717) is 18.8 Å². The first-order valence-corrected chi connectivity index (χ1v) is 11.0. The molecule has 1 atom stereocenters. The monoisotopic (exact) mass is 386 g/mol. The summed E-state index contributed by atoms with van der Waals surface area (Å²) < 4.78 is 26.3. The van der Waals surface area contributed by atoms with E-state index in [1.807, 2.05) is 44.2 Å². The van der Waals surface area contributed by atoms with Gasteiger partial charge < -0.3 is 4.90 Å². The first-order chi connectivity index (χ1) is 12.7. The van der Waals surface area contributed by atoms with Crippen molar-refractivity contribution in [3.63, 3.8) is 0 Å². The van der Waals surface area contributed by atoms with E-state index < -0.39 is 16.1 Å². The SMILES string of the molecule is Cc1ccc(N([C@@H](C)C(=O)N2CCc3ccccc3C2)S(C)(=O)=O)cc1C. The number of carbonyl (C=O) groups is 1. The molecule has 0 saturated carbocycles. The van der Waals surface area contributed by atoms with E-state index in [1.165, 1.54) is 9.87 Å². The molecule has 0 saturated heterocycles. The van der Waals surface area contributed by atoms with Crippen LogP contribution in [0.5, 0.6) is 0 Å². The molecule has 0 spiro atoms. The van der Waals surface area contributed by atoms with E-state index >= 15 is 0 Å². The summed E-state index contributed by atoms with van der Waals surface area (Å²) in [5.74, 6) is -0.173. The Bertz CT molecular complexity index is 969. The number of hydrogen-bond donors (Lipinski definition) is 0. The van der Waals surface area contributed by atoms with Gasteiger partial charge >= 0.3 is 0 Å². The maximum absolute atomic E-state index is 13.1. The van der Waals surface area contributed by atoms with E-state index in [-0.39, 0.29) is 5.91 Å². The molecule has 2 aromatic carbocycles. The average molecular weight is 387 g/mol. The smallest absolute Gasteiger partial charge is 0.246 e. The molecule has 5 nitrogen and oxygen atoms in total. The number of nitrogens with zero attached hydrogens (tertiary/aromatic N) is 2. The summed E-state index contributed by atoms with van der Waals surface area (Å²) in [5, 5.41) is 0. The molecule has 1 heterocycles. The quantitative estimate of drug-likeness (QED) is 0.812. The highest BCUT2D eigenvalue weighted by atomic mass is 32.2. The molecule has 0 bridgehead atoms. The summed E-state index contributed by atoms with van der Waals surface area (Å²) in [6.07, 6.45) is 1.94. The predicted molar refractivity (Wildman–Crippen MR) is 108 cm³/mol. The number of fused-ring (bicyclic) bond motifs is 1. The van der Waals surface area contributed by atoms with Gasteiger partial charge in [0.25, 0.3) is 0 Å². The average Bonchev–Trinajstić information content (AvgIpc) is 2.62. The lowest BCUT2D eigenvalue weighted by Gasteiger charge is -2.35. The van der Waals surface area contributed by atoms with Gasteiger partial charge in [0.1, 0.15) is 6.04 Å². The molecule has 1 amide bonds. The molecule has 0 fully saturated rings. The molecule has 0 aromatic heterocycles. The number of rotatable bonds is 4. The Morgan fingerprint density at radius 3 is 2.37 bits per heavy atom. The molecule has 144 valence electrons. The van der Waals surface area contributed by atoms with Crippen molar-refractivity contribution in [3.05, 3.63) is 64.7 Å². The highest BCUT2D eigenvalue weighted by Gasteiger charge is 2.33. The number of hydrogen-bond acceptors (Lipinski definition) is 3. The third-order valence-electron chi connectivity index (χ3n) is 5.25. The van der Waals surface area contributed by atoms with Gasteiger partial charge in [-0.3, -0.25) is 9.10 Å². The van der Waals surface area contributed by atoms with Crippen molar-refractivity contribution in [1.29, 1.82) is 0 Å². The van der Waals surface area contributed by atoms with E-state index in [2.05, 4.69) is 6.07 Å². The first kappa shape index (κ1) is 19.4. The van der Waals surface area contributed by atoms with E-state index in [1.54, 1.807) is 17.9 Å². The number of sulfonamides is 1. The van der Waals surface area contributed by atoms with Gasteiger partial charge in [0.05, 0.1) is 11.9 Å². The summed E-state index contributed by atoms with van der Waals surface area (Å²) in [6, 6.07) is 12.8. The van der Waals surface area contributed by atoms with Gasteiger partial charge in [-0.2, -0.15) is 0 Å². The van der Waals surface area contributed by atoms with Crippen molar-refractivity contribution in [1.82, 2.24) is 4.90 Å². The van der Waals surface area contributed by atoms with Crippen LogP contribution in [0.15, 0.2) is 42.5 Å². The van der Waals surface area contributed by atoms with Crippen LogP contribution in [0.2, 0.25) is 0 Å². The van der Waals surface area contributed by atoms with Gasteiger partial charge in [0, 0.05) is 13.1 Å². The summed E-state index contributed by atoms with van der Waals surface area (Å²) in [7, 11) is -3.61.